The molecule has 1 aliphatic rings. The lowest BCUT2D eigenvalue weighted by molar-refractivity contribution is 0.0830. The van der Waals surface area contributed by atoms with Crippen molar-refractivity contribution in [2.45, 2.75) is 22.2 Å². The molecule has 0 aromatic heterocycles. The van der Waals surface area contributed by atoms with E-state index in [1.807, 2.05) is 0 Å². The number of carbonyl (C=O) groups is 1. The lowest BCUT2D eigenvalue weighted by Gasteiger charge is -2.17. The Labute approximate surface area is 178 Å². The first-order valence-corrected chi connectivity index (χ1v) is 11.0. The van der Waals surface area contributed by atoms with Gasteiger partial charge in [-0.05, 0) is 36.4 Å². The molecule has 0 spiro atoms. The smallest absolute Gasteiger partial charge is 0.372 e. The maximum atomic E-state index is 15.5. The van der Waals surface area contributed by atoms with Crippen LogP contribution in [0.2, 0.25) is 0 Å². The topological polar surface area (TPSA) is 63.5 Å². The zero-order valence-corrected chi connectivity index (χ0v) is 17.3. The zero-order chi connectivity index (χ0) is 22.2. The molecule has 8 heteroatoms. The van der Waals surface area contributed by atoms with Crippen molar-refractivity contribution in [2.75, 3.05) is 12.0 Å². The lowest BCUT2D eigenvalue weighted by Crippen LogP contribution is -2.38. The lowest BCUT2D eigenvalue weighted by atomic mass is 10.1. The molecule has 1 saturated heterocycles. The monoisotopic (exact) mass is 443 g/mol. The van der Waals surface area contributed by atoms with Crippen molar-refractivity contribution in [3.05, 3.63) is 90.5 Å². The van der Waals surface area contributed by atoms with Crippen molar-refractivity contribution in [3.8, 4) is 5.75 Å². The van der Waals surface area contributed by atoms with Crippen molar-refractivity contribution < 1.29 is 26.7 Å². The average molecular weight is 443 g/mol. The van der Waals surface area contributed by atoms with Gasteiger partial charge in [-0.15, -0.1) is 0 Å². The number of sulfone groups is 1. The van der Waals surface area contributed by atoms with Crippen LogP contribution < -0.4 is 9.64 Å². The van der Waals surface area contributed by atoms with Crippen molar-refractivity contribution in [3.63, 3.8) is 0 Å². The summed E-state index contributed by atoms with van der Waals surface area (Å²) in [5, 5.41) is -4.19. The number of halogens is 2. The number of hydrogen-bond acceptors (Lipinski definition) is 5. The van der Waals surface area contributed by atoms with Crippen molar-refractivity contribution in [1.29, 1.82) is 0 Å². The molecule has 0 saturated carbocycles. The molecule has 2 atom stereocenters. The van der Waals surface area contributed by atoms with Crippen LogP contribution in [-0.4, -0.2) is 38.6 Å². The van der Waals surface area contributed by atoms with Gasteiger partial charge in [0.05, 0.1) is 12.0 Å². The first-order valence-electron chi connectivity index (χ1n) is 9.48. The standard InChI is InChI=1S/C23H19F2NO4S/c1-30-18-14-12-17(13-15-18)26-20(21(27)16-8-4-2-5-9-16)22(26)23(24,25)31(28,29)19-10-6-3-7-11-19/h2-15,20,22H,1H3/t20-,22-,26?/m0/s1. The van der Waals surface area contributed by atoms with Crippen LogP contribution in [0.5, 0.6) is 5.75 Å². The molecule has 3 aromatic carbocycles. The minimum Gasteiger partial charge on any atom is -0.497 e. The molecule has 0 amide bonds. The predicted molar refractivity (Wildman–Crippen MR) is 112 cm³/mol. The summed E-state index contributed by atoms with van der Waals surface area (Å²) in [5.41, 5.74) is 0.546. The maximum Gasteiger partial charge on any atom is 0.372 e. The van der Waals surface area contributed by atoms with E-state index >= 15 is 8.78 Å². The van der Waals surface area contributed by atoms with Crippen LogP contribution in [0.4, 0.5) is 14.5 Å². The van der Waals surface area contributed by atoms with Crippen LogP contribution >= 0.6 is 0 Å². The number of rotatable bonds is 7. The summed E-state index contributed by atoms with van der Waals surface area (Å²) >= 11 is 0. The Kier molecular flexibility index (Phi) is 5.26. The highest BCUT2D eigenvalue weighted by Crippen LogP contribution is 2.49. The van der Waals surface area contributed by atoms with Gasteiger partial charge in [-0.1, -0.05) is 48.5 Å². The van der Waals surface area contributed by atoms with E-state index in [1.54, 1.807) is 36.4 Å². The fraction of sp³-hybridized carbons (Fsp3) is 0.174. The molecule has 0 radical (unpaired) electrons. The maximum absolute atomic E-state index is 15.5. The van der Waals surface area contributed by atoms with E-state index in [2.05, 4.69) is 0 Å². The van der Waals surface area contributed by atoms with E-state index < -0.39 is 37.9 Å². The van der Waals surface area contributed by atoms with Crippen LogP contribution in [0, 0.1) is 0 Å². The van der Waals surface area contributed by atoms with Crippen molar-refractivity contribution in [1.82, 2.24) is 0 Å². The molecule has 31 heavy (non-hydrogen) atoms. The van der Waals surface area contributed by atoms with E-state index in [4.69, 9.17) is 4.74 Å². The Morgan fingerprint density at radius 2 is 1.45 bits per heavy atom. The van der Waals surface area contributed by atoms with Gasteiger partial charge in [0.15, 0.2) is 5.78 Å². The van der Waals surface area contributed by atoms with Gasteiger partial charge in [-0.25, -0.2) is 8.42 Å². The summed E-state index contributed by atoms with van der Waals surface area (Å²) in [5.74, 6) is -0.0545. The minimum atomic E-state index is -5.03. The molecule has 160 valence electrons. The van der Waals surface area contributed by atoms with E-state index in [0.717, 1.165) is 17.0 Å². The second-order valence-electron chi connectivity index (χ2n) is 7.10. The number of ether oxygens (including phenoxy) is 1. The van der Waals surface area contributed by atoms with Gasteiger partial charge in [-0.2, -0.15) is 8.78 Å². The number of anilines is 1. The number of Topliss-reactive ketones (excluding diaryl/α,β-unsaturated/α-hetero) is 1. The van der Waals surface area contributed by atoms with E-state index in [1.165, 1.54) is 43.5 Å². The Hall–Kier alpha value is -3.26. The molecule has 0 unspecified atom stereocenters. The average Bonchev–Trinajstić information content (AvgIpc) is 3.56. The molecular weight excluding hydrogens is 424 g/mol. The summed E-state index contributed by atoms with van der Waals surface area (Å²) in [4.78, 5) is 13.7. The summed E-state index contributed by atoms with van der Waals surface area (Å²) in [7, 11) is -3.56. The second kappa shape index (κ2) is 7.77. The molecule has 1 heterocycles. The number of methoxy groups -OCH3 is 1. The van der Waals surface area contributed by atoms with Gasteiger partial charge in [0.2, 0.25) is 9.84 Å². The third kappa shape index (κ3) is 3.57. The van der Waals surface area contributed by atoms with Gasteiger partial charge >= 0.3 is 5.25 Å². The molecule has 1 fully saturated rings. The first-order chi connectivity index (χ1) is 14.8. The van der Waals surface area contributed by atoms with E-state index in [0.29, 0.717) is 11.4 Å². The Bertz CT molecular complexity index is 1180. The molecule has 5 nitrogen and oxygen atoms in total. The first kappa shape index (κ1) is 21.0. The SMILES string of the molecule is COc1ccc(N2[C@H](C(F)(F)S(=O)(=O)c3ccccc3)[C@@H]2C(=O)c2ccccc2)cc1. The molecule has 4 rings (SSSR count). The van der Waals surface area contributed by atoms with E-state index in [9.17, 15) is 13.2 Å². The largest absolute Gasteiger partial charge is 0.497 e. The van der Waals surface area contributed by atoms with Crippen LogP contribution in [0.25, 0.3) is 0 Å². The minimum absolute atomic E-state index is 0.237. The van der Waals surface area contributed by atoms with Crippen molar-refractivity contribution >= 4 is 21.3 Å². The van der Waals surface area contributed by atoms with Gasteiger partial charge in [0, 0.05) is 11.3 Å². The van der Waals surface area contributed by atoms with E-state index in [-0.39, 0.29) is 5.56 Å². The summed E-state index contributed by atoms with van der Waals surface area (Å²) < 4.78 is 61.7. The number of benzene rings is 3. The number of alkyl halides is 2. The summed E-state index contributed by atoms with van der Waals surface area (Å²) in [6.45, 7) is 0. The highest BCUT2D eigenvalue weighted by atomic mass is 32.2. The predicted octanol–water partition coefficient (Wildman–Crippen LogP) is 4.20. The number of ketones is 1. The van der Waals surface area contributed by atoms with Crippen LogP contribution in [0.15, 0.2) is 89.8 Å². The molecular formula is C23H19F2NO4S. The van der Waals surface area contributed by atoms with Crippen LogP contribution in [0.1, 0.15) is 10.4 Å². The van der Waals surface area contributed by atoms with Crippen molar-refractivity contribution in [2.24, 2.45) is 0 Å². The summed E-state index contributed by atoms with van der Waals surface area (Å²) in [6, 6.07) is 17.6. The van der Waals surface area contributed by atoms with Gasteiger partial charge in [0.25, 0.3) is 0 Å². The molecule has 0 N–H and O–H groups in total. The number of hydrogen-bond donors (Lipinski definition) is 0. The third-order valence-corrected chi connectivity index (χ3v) is 7.11. The summed E-state index contributed by atoms with van der Waals surface area (Å²) in [6.07, 6.45) is 0. The molecule has 1 aliphatic heterocycles. The molecule has 0 aliphatic carbocycles. The Morgan fingerprint density at radius 1 is 0.903 bits per heavy atom. The number of carbonyl (C=O) groups excluding carboxylic acids is 1. The van der Waals surface area contributed by atoms with Gasteiger partial charge < -0.3 is 9.64 Å². The number of nitrogens with zero attached hydrogens (tertiary/aromatic N) is 1. The second-order valence-corrected chi connectivity index (χ2v) is 9.13. The normalized spacial score (nSPS) is 18.5. The fourth-order valence-corrected chi connectivity index (χ4v) is 5.00. The molecule has 0 bridgehead atoms. The molecule has 3 aromatic rings. The van der Waals surface area contributed by atoms with Crippen LogP contribution in [-0.2, 0) is 9.84 Å². The third-order valence-electron chi connectivity index (χ3n) is 5.26. The quantitative estimate of drug-likeness (QED) is 0.405. The highest BCUT2D eigenvalue weighted by molar-refractivity contribution is 7.92. The van der Waals surface area contributed by atoms with Gasteiger partial charge in [0.1, 0.15) is 17.8 Å². The highest BCUT2D eigenvalue weighted by Gasteiger charge is 2.70. The fourth-order valence-electron chi connectivity index (χ4n) is 3.61. The Morgan fingerprint density at radius 3 is 2.00 bits per heavy atom. The van der Waals surface area contributed by atoms with Gasteiger partial charge in [-0.3, -0.25) is 4.79 Å². The van der Waals surface area contributed by atoms with Crippen LogP contribution in [0.3, 0.4) is 0 Å². The Balaban J connectivity index is 1.76. The zero-order valence-electron chi connectivity index (χ0n) is 16.5.